The van der Waals surface area contributed by atoms with Crippen LogP contribution in [0.4, 0.5) is 4.39 Å². The van der Waals surface area contributed by atoms with Gasteiger partial charge in [0.25, 0.3) is 0 Å². The predicted octanol–water partition coefficient (Wildman–Crippen LogP) is 2.39. The second-order valence-corrected chi connectivity index (χ2v) is 5.97. The van der Waals surface area contributed by atoms with Gasteiger partial charge in [-0.3, -0.25) is 4.79 Å². The number of ether oxygens (including phenoxy) is 1. The van der Waals surface area contributed by atoms with E-state index in [1.54, 1.807) is 6.07 Å². The number of benzene rings is 1. The summed E-state index contributed by atoms with van der Waals surface area (Å²) in [6, 6.07) is 4.82. The van der Waals surface area contributed by atoms with Crippen molar-refractivity contribution >= 4 is 28.8 Å². The zero-order valence-corrected chi connectivity index (χ0v) is 12.1. The second-order valence-electron chi connectivity index (χ2n) is 5.02. The van der Waals surface area contributed by atoms with Crippen LogP contribution >= 0.6 is 11.8 Å². The van der Waals surface area contributed by atoms with Crippen LogP contribution in [0.25, 0.3) is 11.0 Å². The van der Waals surface area contributed by atoms with Gasteiger partial charge in [0.1, 0.15) is 5.52 Å². The van der Waals surface area contributed by atoms with Crippen LogP contribution in [0.5, 0.6) is 0 Å². The molecule has 1 saturated heterocycles. The summed E-state index contributed by atoms with van der Waals surface area (Å²) in [6.07, 6.45) is 0.956. The Hall–Kier alpha value is -1.60. The van der Waals surface area contributed by atoms with Crippen molar-refractivity contribution in [2.45, 2.75) is 18.1 Å². The number of para-hydroxylation sites is 1. The van der Waals surface area contributed by atoms with Crippen molar-refractivity contribution in [2.75, 3.05) is 19.0 Å². The zero-order valence-electron chi connectivity index (χ0n) is 11.3. The van der Waals surface area contributed by atoms with Crippen LogP contribution in [-0.2, 0) is 16.1 Å². The molecule has 1 fully saturated rings. The molecule has 0 spiro atoms. The number of rotatable bonds is 5. The number of aromatic nitrogens is 2. The summed E-state index contributed by atoms with van der Waals surface area (Å²) < 4.78 is 21.1. The fraction of sp³-hybridized carbons (Fsp3) is 0.429. The summed E-state index contributed by atoms with van der Waals surface area (Å²) in [6.45, 7) is 2.09. The monoisotopic (exact) mass is 310 g/mol. The highest BCUT2D eigenvalue weighted by Crippen LogP contribution is 2.28. The van der Waals surface area contributed by atoms with Crippen LogP contribution in [0.1, 0.15) is 6.42 Å². The number of thioether (sulfide) groups is 1. The van der Waals surface area contributed by atoms with E-state index in [0.717, 1.165) is 24.8 Å². The molecule has 5 nitrogen and oxygen atoms in total. The number of halogens is 1. The minimum atomic E-state index is -0.914. The highest BCUT2D eigenvalue weighted by atomic mass is 32.2. The lowest BCUT2D eigenvalue weighted by Gasteiger charge is -2.12. The van der Waals surface area contributed by atoms with E-state index < -0.39 is 5.97 Å². The fourth-order valence-electron chi connectivity index (χ4n) is 2.49. The molecule has 1 aromatic heterocycles. The van der Waals surface area contributed by atoms with Gasteiger partial charge in [-0.1, -0.05) is 17.8 Å². The van der Waals surface area contributed by atoms with E-state index in [0.29, 0.717) is 35.3 Å². The molecular weight excluding hydrogens is 295 g/mol. The number of nitrogens with zero attached hydrogens (tertiary/aromatic N) is 2. The SMILES string of the molecule is O=C(O)CSc1nc2c(F)cccc2n1CC1CCOC1. The van der Waals surface area contributed by atoms with Crippen molar-refractivity contribution in [2.24, 2.45) is 5.92 Å². The molecular formula is C14H15FN2O3S. The van der Waals surface area contributed by atoms with Crippen LogP contribution in [0.2, 0.25) is 0 Å². The molecule has 0 aliphatic carbocycles. The number of carboxylic acid groups (broad SMARTS) is 1. The topological polar surface area (TPSA) is 64.3 Å². The third kappa shape index (κ3) is 3.03. The molecule has 1 aliphatic heterocycles. The van der Waals surface area contributed by atoms with Crippen LogP contribution in [-0.4, -0.2) is 39.6 Å². The van der Waals surface area contributed by atoms with Crippen molar-refractivity contribution in [1.82, 2.24) is 9.55 Å². The first-order valence-corrected chi connectivity index (χ1v) is 7.71. The first kappa shape index (κ1) is 14.3. The molecule has 112 valence electrons. The fourth-order valence-corrected chi connectivity index (χ4v) is 3.23. The maximum atomic E-state index is 13.9. The lowest BCUT2D eigenvalue weighted by molar-refractivity contribution is -0.133. The Labute approximate surface area is 125 Å². The summed E-state index contributed by atoms with van der Waals surface area (Å²) >= 11 is 1.12. The Balaban J connectivity index is 1.97. The van der Waals surface area contributed by atoms with Gasteiger partial charge in [0.2, 0.25) is 0 Å². The number of imidazole rings is 1. The number of carbonyl (C=O) groups is 1. The van der Waals surface area contributed by atoms with Crippen LogP contribution < -0.4 is 0 Å². The molecule has 21 heavy (non-hydrogen) atoms. The van der Waals surface area contributed by atoms with E-state index >= 15 is 0 Å². The molecule has 0 bridgehead atoms. The summed E-state index contributed by atoms with van der Waals surface area (Å²) in [5.41, 5.74) is 0.999. The molecule has 7 heteroatoms. The second kappa shape index (κ2) is 6.03. The molecule has 1 atom stereocenters. The van der Waals surface area contributed by atoms with Crippen LogP contribution in [0.15, 0.2) is 23.4 Å². The molecule has 2 aromatic rings. The average molecular weight is 310 g/mol. The van der Waals surface area contributed by atoms with Crippen LogP contribution in [0.3, 0.4) is 0 Å². The number of carboxylic acids is 1. The van der Waals surface area contributed by atoms with Crippen molar-refractivity contribution in [1.29, 1.82) is 0 Å². The Bertz CT molecular complexity index is 668. The minimum absolute atomic E-state index is 0.0912. The zero-order chi connectivity index (χ0) is 14.8. The molecule has 3 rings (SSSR count). The number of hydrogen-bond acceptors (Lipinski definition) is 4. The molecule has 0 saturated carbocycles. The average Bonchev–Trinajstić information content (AvgIpc) is 3.07. The van der Waals surface area contributed by atoms with Crippen molar-refractivity contribution < 1.29 is 19.0 Å². The molecule has 1 unspecified atom stereocenters. The van der Waals surface area contributed by atoms with E-state index in [1.165, 1.54) is 6.07 Å². The Morgan fingerprint density at radius 1 is 1.57 bits per heavy atom. The third-order valence-electron chi connectivity index (χ3n) is 3.48. The Morgan fingerprint density at radius 2 is 2.43 bits per heavy atom. The van der Waals surface area contributed by atoms with Crippen molar-refractivity contribution in [3.63, 3.8) is 0 Å². The maximum absolute atomic E-state index is 13.9. The van der Waals surface area contributed by atoms with Crippen molar-refractivity contribution in [3.8, 4) is 0 Å². The molecule has 1 aromatic carbocycles. The Morgan fingerprint density at radius 3 is 3.14 bits per heavy atom. The molecule has 0 amide bonds. The van der Waals surface area contributed by atoms with Gasteiger partial charge in [-0.2, -0.15) is 0 Å². The van der Waals surface area contributed by atoms with E-state index in [9.17, 15) is 9.18 Å². The third-order valence-corrected chi connectivity index (χ3v) is 4.45. The summed E-state index contributed by atoms with van der Waals surface area (Å²) in [7, 11) is 0. The van der Waals surface area contributed by atoms with Gasteiger partial charge in [0, 0.05) is 19.1 Å². The van der Waals surface area contributed by atoms with Gasteiger partial charge in [-0.05, 0) is 18.6 Å². The number of fused-ring (bicyclic) bond motifs is 1. The first-order valence-electron chi connectivity index (χ1n) is 6.72. The standard InChI is InChI=1S/C14H15FN2O3S/c15-10-2-1-3-11-13(10)16-14(21-8-12(18)19)17(11)6-9-4-5-20-7-9/h1-3,9H,4-8H2,(H,18,19). The van der Waals surface area contributed by atoms with Gasteiger partial charge < -0.3 is 14.4 Å². The van der Waals surface area contributed by atoms with Gasteiger partial charge in [0.15, 0.2) is 11.0 Å². The molecule has 1 aliphatic rings. The summed E-state index contributed by atoms with van der Waals surface area (Å²) in [5.74, 6) is -1.03. The molecule has 2 heterocycles. The Kier molecular flexibility index (Phi) is 4.12. The number of aliphatic carboxylic acids is 1. The molecule has 1 N–H and O–H groups in total. The number of hydrogen-bond donors (Lipinski definition) is 1. The lowest BCUT2D eigenvalue weighted by atomic mass is 10.1. The van der Waals surface area contributed by atoms with Crippen LogP contribution in [0, 0.1) is 11.7 Å². The van der Waals surface area contributed by atoms with Gasteiger partial charge in [-0.25, -0.2) is 9.37 Å². The predicted molar refractivity (Wildman–Crippen MR) is 77.0 cm³/mol. The van der Waals surface area contributed by atoms with Gasteiger partial charge in [-0.15, -0.1) is 0 Å². The maximum Gasteiger partial charge on any atom is 0.313 e. The normalized spacial score (nSPS) is 18.4. The van der Waals surface area contributed by atoms with E-state index in [2.05, 4.69) is 4.98 Å². The summed E-state index contributed by atoms with van der Waals surface area (Å²) in [5, 5.41) is 9.37. The highest BCUT2D eigenvalue weighted by molar-refractivity contribution is 7.99. The van der Waals surface area contributed by atoms with Gasteiger partial charge >= 0.3 is 5.97 Å². The van der Waals surface area contributed by atoms with E-state index in [-0.39, 0.29) is 11.6 Å². The smallest absolute Gasteiger partial charge is 0.313 e. The quantitative estimate of drug-likeness (QED) is 0.859. The minimum Gasteiger partial charge on any atom is -0.481 e. The summed E-state index contributed by atoms with van der Waals surface area (Å²) in [4.78, 5) is 15.0. The van der Waals surface area contributed by atoms with E-state index in [4.69, 9.17) is 9.84 Å². The lowest BCUT2D eigenvalue weighted by Crippen LogP contribution is -2.12. The van der Waals surface area contributed by atoms with E-state index in [1.807, 2.05) is 10.6 Å². The highest BCUT2D eigenvalue weighted by Gasteiger charge is 2.21. The largest absolute Gasteiger partial charge is 0.481 e. The molecule has 0 radical (unpaired) electrons. The van der Waals surface area contributed by atoms with Gasteiger partial charge in [0.05, 0.1) is 17.9 Å². The first-order chi connectivity index (χ1) is 10.1. The van der Waals surface area contributed by atoms with Crippen molar-refractivity contribution in [3.05, 3.63) is 24.0 Å².